The largest absolute Gasteiger partial charge is 0.383 e. The molecule has 0 spiro atoms. The second kappa shape index (κ2) is 6.36. The van der Waals surface area contributed by atoms with Crippen molar-refractivity contribution >= 4 is 5.91 Å². The summed E-state index contributed by atoms with van der Waals surface area (Å²) in [7, 11) is 1.72. The highest BCUT2D eigenvalue weighted by molar-refractivity contribution is 5.77. The summed E-state index contributed by atoms with van der Waals surface area (Å²) in [6.07, 6.45) is 5.27. The van der Waals surface area contributed by atoms with Crippen LogP contribution in [0.2, 0.25) is 0 Å². The Labute approximate surface area is 104 Å². The Morgan fingerprint density at radius 1 is 1.35 bits per heavy atom. The van der Waals surface area contributed by atoms with Crippen molar-refractivity contribution < 1.29 is 9.53 Å². The number of rotatable bonds is 4. The second-order valence-corrected chi connectivity index (χ2v) is 5.24. The molecule has 2 rings (SSSR count). The Hall–Kier alpha value is -0.610. The van der Waals surface area contributed by atoms with Gasteiger partial charge in [0.2, 0.25) is 5.91 Å². The number of nitrogens with zero attached hydrogens (tertiary/aromatic N) is 1. The first kappa shape index (κ1) is 12.8. The normalized spacial score (nSPS) is 26.4. The summed E-state index contributed by atoms with van der Waals surface area (Å²) in [6.45, 7) is 3.76. The molecule has 2 fully saturated rings. The van der Waals surface area contributed by atoms with Crippen molar-refractivity contribution in [3.05, 3.63) is 0 Å². The maximum absolute atomic E-state index is 12.2. The zero-order valence-electron chi connectivity index (χ0n) is 10.8. The molecule has 0 bridgehead atoms. The van der Waals surface area contributed by atoms with E-state index in [-0.39, 0.29) is 0 Å². The molecule has 2 aliphatic heterocycles. The molecule has 2 aliphatic rings. The molecule has 98 valence electrons. The number of piperidine rings is 1. The molecule has 0 aromatic carbocycles. The minimum absolute atomic E-state index is 0.328. The number of ether oxygens (including phenoxy) is 1. The van der Waals surface area contributed by atoms with Crippen LogP contribution in [0.5, 0.6) is 0 Å². The van der Waals surface area contributed by atoms with Crippen molar-refractivity contribution in [1.29, 1.82) is 0 Å². The highest BCUT2D eigenvalue weighted by Gasteiger charge is 2.29. The first-order valence-electron chi connectivity index (χ1n) is 6.80. The maximum atomic E-state index is 12.2. The van der Waals surface area contributed by atoms with E-state index in [1.54, 1.807) is 7.11 Å². The van der Waals surface area contributed by atoms with E-state index in [1.807, 2.05) is 4.90 Å². The number of methoxy groups -OCH3 is 1. The average Bonchev–Trinajstić information content (AvgIpc) is 2.79. The molecule has 17 heavy (non-hydrogen) atoms. The van der Waals surface area contributed by atoms with Gasteiger partial charge in [0.1, 0.15) is 0 Å². The molecule has 0 aliphatic carbocycles. The van der Waals surface area contributed by atoms with Crippen LogP contribution >= 0.6 is 0 Å². The number of carbonyl (C=O) groups is 1. The maximum Gasteiger partial charge on any atom is 0.223 e. The van der Waals surface area contributed by atoms with Crippen LogP contribution in [0.25, 0.3) is 0 Å². The van der Waals surface area contributed by atoms with Crippen LogP contribution in [-0.4, -0.2) is 50.2 Å². The van der Waals surface area contributed by atoms with Crippen molar-refractivity contribution in [2.45, 2.75) is 38.1 Å². The zero-order valence-corrected chi connectivity index (χ0v) is 10.8. The van der Waals surface area contributed by atoms with Crippen LogP contribution in [0.15, 0.2) is 0 Å². The van der Waals surface area contributed by atoms with E-state index < -0.39 is 0 Å². The monoisotopic (exact) mass is 240 g/mol. The molecule has 4 nitrogen and oxygen atoms in total. The lowest BCUT2D eigenvalue weighted by Crippen LogP contribution is -2.40. The molecule has 2 heterocycles. The van der Waals surface area contributed by atoms with Crippen molar-refractivity contribution in [1.82, 2.24) is 10.2 Å². The third-order valence-corrected chi connectivity index (χ3v) is 3.98. The van der Waals surface area contributed by atoms with E-state index >= 15 is 0 Å². The third-order valence-electron chi connectivity index (χ3n) is 3.98. The fraction of sp³-hybridized carbons (Fsp3) is 0.923. The quantitative estimate of drug-likeness (QED) is 0.797. The van der Waals surface area contributed by atoms with Crippen LogP contribution in [0.4, 0.5) is 0 Å². The molecule has 0 aromatic rings. The van der Waals surface area contributed by atoms with Crippen LogP contribution in [-0.2, 0) is 9.53 Å². The first-order valence-corrected chi connectivity index (χ1v) is 6.80. The van der Waals surface area contributed by atoms with Crippen molar-refractivity contribution in [3.63, 3.8) is 0 Å². The molecule has 1 unspecified atom stereocenters. The molecule has 1 N–H and O–H groups in total. The summed E-state index contributed by atoms with van der Waals surface area (Å²) in [4.78, 5) is 14.3. The number of nitrogens with one attached hydrogen (secondary N) is 1. The fourth-order valence-electron chi connectivity index (χ4n) is 2.98. The highest BCUT2D eigenvalue weighted by atomic mass is 16.5. The summed E-state index contributed by atoms with van der Waals surface area (Å²) in [5.41, 5.74) is 0. The van der Waals surface area contributed by atoms with Gasteiger partial charge in [-0.05, 0) is 44.7 Å². The predicted octanol–water partition coefficient (Wildman–Crippen LogP) is 1.01. The van der Waals surface area contributed by atoms with Crippen LogP contribution in [0, 0.1) is 5.92 Å². The summed E-state index contributed by atoms with van der Waals surface area (Å²) < 4.78 is 5.19. The van der Waals surface area contributed by atoms with Gasteiger partial charge in [0.25, 0.3) is 0 Å². The van der Waals surface area contributed by atoms with Crippen LogP contribution in [0.3, 0.4) is 0 Å². The summed E-state index contributed by atoms with van der Waals surface area (Å²) in [5, 5.41) is 3.34. The number of carbonyl (C=O) groups excluding carboxylic acids is 1. The molecule has 1 atom stereocenters. The second-order valence-electron chi connectivity index (χ2n) is 5.24. The number of likely N-dealkylation sites (tertiary alicyclic amines) is 1. The van der Waals surface area contributed by atoms with Crippen molar-refractivity contribution in [3.8, 4) is 0 Å². The lowest BCUT2D eigenvalue weighted by atomic mass is 9.94. The van der Waals surface area contributed by atoms with Crippen molar-refractivity contribution in [2.75, 3.05) is 33.4 Å². The lowest BCUT2D eigenvalue weighted by Gasteiger charge is -2.28. The van der Waals surface area contributed by atoms with Gasteiger partial charge in [0.15, 0.2) is 0 Å². The zero-order chi connectivity index (χ0) is 12.1. The van der Waals surface area contributed by atoms with Gasteiger partial charge in [0.05, 0.1) is 12.6 Å². The van der Waals surface area contributed by atoms with Gasteiger partial charge in [0, 0.05) is 20.1 Å². The van der Waals surface area contributed by atoms with Crippen LogP contribution in [0.1, 0.15) is 32.1 Å². The fourth-order valence-corrected chi connectivity index (χ4v) is 2.98. The topological polar surface area (TPSA) is 41.6 Å². The molecular weight excluding hydrogens is 216 g/mol. The molecular formula is C13H24N2O2. The van der Waals surface area contributed by atoms with E-state index in [0.717, 1.165) is 51.7 Å². The smallest absolute Gasteiger partial charge is 0.223 e. The van der Waals surface area contributed by atoms with Crippen molar-refractivity contribution in [2.24, 2.45) is 5.92 Å². The Balaban J connectivity index is 1.81. The van der Waals surface area contributed by atoms with Gasteiger partial charge in [-0.3, -0.25) is 4.79 Å². The summed E-state index contributed by atoms with van der Waals surface area (Å²) >= 11 is 0. The molecule has 4 heteroatoms. The van der Waals surface area contributed by atoms with E-state index in [2.05, 4.69) is 5.32 Å². The van der Waals surface area contributed by atoms with Gasteiger partial charge in [-0.1, -0.05) is 0 Å². The van der Waals surface area contributed by atoms with Crippen LogP contribution < -0.4 is 5.32 Å². The standard InChI is InChI=1S/C13H24N2O2/c1-17-10-12-3-2-8-15(12)13(16)9-11-4-6-14-7-5-11/h11-12,14H,2-10H2,1H3. The van der Waals surface area contributed by atoms with Gasteiger partial charge in [-0.25, -0.2) is 0 Å². The van der Waals surface area contributed by atoms with Gasteiger partial charge in [-0.2, -0.15) is 0 Å². The van der Waals surface area contributed by atoms with E-state index in [1.165, 1.54) is 0 Å². The molecule has 0 saturated carbocycles. The van der Waals surface area contributed by atoms with E-state index in [9.17, 15) is 4.79 Å². The minimum atomic E-state index is 0.328. The third kappa shape index (κ3) is 3.42. The lowest BCUT2D eigenvalue weighted by molar-refractivity contribution is -0.134. The molecule has 0 aromatic heterocycles. The van der Waals surface area contributed by atoms with Gasteiger partial charge < -0.3 is 15.0 Å². The summed E-state index contributed by atoms with van der Waals surface area (Å²) in [5.74, 6) is 0.934. The molecule has 0 radical (unpaired) electrons. The Morgan fingerprint density at radius 2 is 2.12 bits per heavy atom. The number of amides is 1. The highest BCUT2D eigenvalue weighted by Crippen LogP contribution is 2.22. The Kier molecular flexibility index (Phi) is 4.80. The Morgan fingerprint density at radius 3 is 2.82 bits per heavy atom. The Bertz CT molecular complexity index is 252. The van der Waals surface area contributed by atoms with Gasteiger partial charge in [-0.15, -0.1) is 0 Å². The van der Waals surface area contributed by atoms with Gasteiger partial charge >= 0.3 is 0 Å². The molecule has 2 saturated heterocycles. The predicted molar refractivity (Wildman–Crippen MR) is 66.8 cm³/mol. The summed E-state index contributed by atoms with van der Waals surface area (Å²) in [6, 6.07) is 0.328. The van der Waals surface area contributed by atoms with E-state index in [4.69, 9.17) is 4.74 Å². The molecule has 1 amide bonds. The SMILES string of the molecule is COCC1CCCN1C(=O)CC1CCNCC1. The minimum Gasteiger partial charge on any atom is -0.383 e. The first-order chi connectivity index (χ1) is 8.31. The van der Waals surface area contributed by atoms with E-state index in [0.29, 0.717) is 24.5 Å². The number of hydrogen-bond acceptors (Lipinski definition) is 3. The average molecular weight is 240 g/mol. The number of hydrogen-bond donors (Lipinski definition) is 1.